The molecular weight excluding hydrogens is 284 g/mol. The van der Waals surface area contributed by atoms with Crippen LogP contribution in [0.5, 0.6) is 0 Å². The van der Waals surface area contributed by atoms with E-state index in [1.165, 1.54) is 18.9 Å². The summed E-state index contributed by atoms with van der Waals surface area (Å²) in [5.41, 5.74) is -0.141. The number of carbonyl (C=O) groups excluding carboxylic acids is 2. The van der Waals surface area contributed by atoms with E-state index in [1.54, 1.807) is 0 Å². The normalized spacial score (nSPS) is 15.4. The Morgan fingerprint density at radius 3 is 2.60 bits per heavy atom. The molecule has 0 aromatic heterocycles. The van der Waals surface area contributed by atoms with Crippen LogP contribution in [0.4, 0.5) is 4.79 Å². The molecule has 1 aliphatic rings. The van der Waals surface area contributed by atoms with E-state index in [4.69, 9.17) is 9.84 Å². The lowest BCUT2D eigenvalue weighted by Crippen LogP contribution is -2.41. The summed E-state index contributed by atoms with van der Waals surface area (Å²) in [7, 11) is 1.52. The number of carboxylic acids is 1. The minimum atomic E-state index is -0.801. The molecule has 0 aliphatic heterocycles. The molecule has 20 heavy (non-hydrogen) atoms. The van der Waals surface area contributed by atoms with Crippen molar-refractivity contribution < 1.29 is 24.2 Å². The van der Waals surface area contributed by atoms with Crippen LogP contribution in [0.25, 0.3) is 0 Å². The fourth-order valence-electron chi connectivity index (χ4n) is 1.70. The van der Waals surface area contributed by atoms with Gasteiger partial charge in [-0.15, -0.1) is 0 Å². The lowest BCUT2D eigenvalue weighted by Gasteiger charge is -2.11. The first kappa shape index (κ1) is 16.8. The fourth-order valence-corrected chi connectivity index (χ4v) is 2.89. The topological polar surface area (TPSA) is 105 Å². The fraction of sp³-hybridized carbons (Fsp3) is 0.750. The highest BCUT2D eigenvalue weighted by Crippen LogP contribution is 2.50. The highest BCUT2D eigenvalue weighted by molar-refractivity contribution is 8.00. The molecule has 0 aromatic rings. The molecule has 0 saturated heterocycles. The van der Waals surface area contributed by atoms with Gasteiger partial charge in [0.2, 0.25) is 5.91 Å². The summed E-state index contributed by atoms with van der Waals surface area (Å²) >= 11 is 1.36. The zero-order chi connectivity index (χ0) is 15.0. The number of amides is 3. The van der Waals surface area contributed by atoms with Gasteiger partial charge in [0.05, 0.1) is 18.8 Å². The second-order valence-electron chi connectivity index (χ2n) is 4.86. The van der Waals surface area contributed by atoms with Crippen LogP contribution in [0.15, 0.2) is 0 Å². The molecule has 0 bridgehead atoms. The standard InChI is InChI=1S/C12H20N2O5S/c1-19-5-4-13-11(18)14-9(15)7-20-8-12(2-3-12)6-10(16)17/h2-8H2,1H3,(H,16,17)(H2,13,14,15,18). The van der Waals surface area contributed by atoms with Crippen molar-refractivity contribution in [2.45, 2.75) is 19.3 Å². The third-order valence-electron chi connectivity index (χ3n) is 2.97. The zero-order valence-corrected chi connectivity index (χ0v) is 12.3. The van der Waals surface area contributed by atoms with Gasteiger partial charge in [0.15, 0.2) is 0 Å². The third kappa shape index (κ3) is 6.76. The number of aliphatic carboxylic acids is 1. The number of carboxylic acid groups (broad SMARTS) is 1. The monoisotopic (exact) mass is 304 g/mol. The Morgan fingerprint density at radius 1 is 1.35 bits per heavy atom. The van der Waals surface area contributed by atoms with Crippen LogP contribution in [-0.4, -0.2) is 54.8 Å². The number of carbonyl (C=O) groups is 3. The molecule has 8 heteroatoms. The molecule has 3 N–H and O–H groups in total. The molecule has 7 nitrogen and oxygen atoms in total. The maximum Gasteiger partial charge on any atom is 0.321 e. The molecule has 1 fully saturated rings. The van der Waals surface area contributed by atoms with Crippen molar-refractivity contribution >= 4 is 29.7 Å². The van der Waals surface area contributed by atoms with Crippen molar-refractivity contribution in [2.24, 2.45) is 5.41 Å². The summed E-state index contributed by atoms with van der Waals surface area (Å²) in [5.74, 6) is -0.391. The minimum Gasteiger partial charge on any atom is -0.481 e. The molecule has 114 valence electrons. The van der Waals surface area contributed by atoms with Gasteiger partial charge < -0.3 is 15.2 Å². The average Bonchev–Trinajstić information content (AvgIpc) is 3.08. The Hall–Kier alpha value is -1.28. The summed E-state index contributed by atoms with van der Waals surface area (Å²) in [6.07, 6.45) is 1.94. The van der Waals surface area contributed by atoms with E-state index < -0.39 is 12.0 Å². The number of methoxy groups -OCH3 is 1. The van der Waals surface area contributed by atoms with Gasteiger partial charge in [0.25, 0.3) is 0 Å². The van der Waals surface area contributed by atoms with Crippen molar-refractivity contribution in [1.29, 1.82) is 0 Å². The van der Waals surface area contributed by atoms with Gasteiger partial charge in [-0.3, -0.25) is 14.9 Å². The van der Waals surface area contributed by atoms with E-state index in [1.807, 2.05) is 0 Å². The van der Waals surface area contributed by atoms with Gasteiger partial charge in [0, 0.05) is 13.7 Å². The van der Waals surface area contributed by atoms with Crippen LogP contribution in [0.1, 0.15) is 19.3 Å². The highest BCUT2D eigenvalue weighted by atomic mass is 32.2. The lowest BCUT2D eigenvalue weighted by atomic mass is 10.1. The lowest BCUT2D eigenvalue weighted by molar-refractivity contribution is -0.138. The Kier molecular flexibility index (Phi) is 6.80. The van der Waals surface area contributed by atoms with E-state index in [2.05, 4.69) is 10.6 Å². The van der Waals surface area contributed by atoms with Crippen LogP contribution in [0.3, 0.4) is 0 Å². The largest absolute Gasteiger partial charge is 0.481 e. The van der Waals surface area contributed by atoms with E-state index in [-0.39, 0.29) is 23.5 Å². The molecule has 1 aliphatic carbocycles. The minimum absolute atomic E-state index is 0.141. The SMILES string of the molecule is COCCNC(=O)NC(=O)CSCC1(CC(=O)O)CC1. The molecule has 0 unspecified atom stereocenters. The summed E-state index contributed by atoms with van der Waals surface area (Å²) in [5, 5.41) is 13.4. The van der Waals surface area contributed by atoms with Crippen LogP contribution in [0.2, 0.25) is 0 Å². The van der Waals surface area contributed by atoms with Crippen LogP contribution in [-0.2, 0) is 14.3 Å². The zero-order valence-electron chi connectivity index (χ0n) is 11.4. The number of imide groups is 1. The van der Waals surface area contributed by atoms with Crippen LogP contribution < -0.4 is 10.6 Å². The molecule has 0 aromatic carbocycles. The predicted octanol–water partition coefficient (Wildman–Crippen LogP) is 0.447. The Balaban J connectivity index is 2.11. The number of hydrogen-bond donors (Lipinski definition) is 3. The van der Waals surface area contributed by atoms with Crippen molar-refractivity contribution in [1.82, 2.24) is 10.6 Å². The summed E-state index contributed by atoms with van der Waals surface area (Å²) in [4.78, 5) is 33.4. The molecule has 1 saturated carbocycles. The van der Waals surface area contributed by atoms with Gasteiger partial charge in [0.1, 0.15) is 0 Å². The van der Waals surface area contributed by atoms with Crippen molar-refractivity contribution in [2.75, 3.05) is 31.8 Å². The first-order valence-electron chi connectivity index (χ1n) is 6.34. The molecule has 0 radical (unpaired) electrons. The third-order valence-corrected chi connectivity index (χ3v) is 4.25. The Labute approximate surface area is 121 Å². The molecule has 0 spiro atoms. The summed E-state index contributed by atoms with van der Waals surface area (Å²) in [6, 6.07) is -0.542. The first-order valence-corrected chi connectivity index (χ1v) is 7.49. The van der Waals surface area contributed by atoms with E-state index in [9.17, 15) is 14.4 Å². The van der Waals surface area contributed by atoms with Crippen LogP contribution >= 0.6 is 11.8 Å². The second-order valence-corrected chi connectivity index (χ2v) is 5.85. The number of thioether (sulfide) groups is 1. The predicted molar refractivity (Wildman–Crippen MR) is 74.7 cm³/mol. The van der Waals surface area contributed by atoms with Crippen LogP contribution in [0, 0.1) is 5.41 Å². The molecule has 3 amide bonds. The second kappa shape index (κ2) is 8.11. The number of nitrogens with one attached hydrogen (secondary N) is 2. The number of hydrogen-bond acceptors (Lipinski definition) is 5. The van der Waals surface area contributed by atoms with Gasteiger partial charge >= 0.3 is 12.0 Å². The molecule has 0 heterocycles. The van der Waals surface area contributed by atoms with Gasteiger partial charge in [-0.05, 0) is 24.0 Å². The maximum atomic E-state index is 11.5. The highest BCUT2D eigenvalue weighted by Gasteiger charge is 2.44. The van der Waals surface area contributed by atoms with E-state index in [0.717, 1.165) is 12.8 Å². The molecule has 0 atom stereocenters. The van der Waals surface area contributed by atoms with Gasteiger partial charge in [-0.25, -0.2) is 4.79 Å². The summed E-state index contributed by atoms with van der Waals surface area (Å²) < 4.78 is 4.76. The van der Waals surface area contributed by atoms with Gasteiger partial charge in [-0.2, -0.15) is 11.8 Å². The number of ether oxygens (including phenoxy) is 1. The average molecular weight is 304 g/mol. The number of rotatable bonds is 9. The molecule has 1 rings (SSSR count). The van der Waals surface area contributed by atoms with E-state index in [0.29, 0.717) is 18.9 Å². The smallest absolute Gasteiger partial charge is 0.321 e. The van der Waals surface area contributed by atoms with Crippen molar-refractivity contribution in [3.05, 3.63) is 0 Å². The van der Waals surface area contributed by atoms with Crippen molar-refractivity contribution in [3.8, 4) is 0 Å². The molecular formula is C12H20N2O5S. The first-order chi connectivity index (χ1) is 9.47. The number of urea groups is 1. The summed E-state index contributed by atoms with van der Waals surface area (Å²) in [6.45, 7) is 0.721. The quantitative estimate of drug-likeness (QED) is 0.534. The van der Waals surface area contributed by atoms with E-state index >= 15 is 0 Å². The Bertz CT molecular complexity index is 371. The maximum absolute atomic E-state index is 11.5. The van der Waals surface area contributed by atoms with Gasteiger partial charge in [-0.1, -0.05) is 0 Å². The van der Waals surface area contributed by atoms with Crippen molar-refractivity contribution in [3.63, 3.8) is 0 Å². The Morgan fingerprint density at radius 2 is 2.05 bits per heavy atom.